The van der Waals surface area contributed by atoms with Gasteiger partial charge in [-0.3, -0.25) is 0 Å². The first-order valence-corrected chi connectivity index (χ1v) is 8.88. The molecule has 2 aromatic rings. The highest BCUT2D eigenvalue weighted by Gasteiger charge is 2.17. The topological polar surface area (TPSA) is 60.4 Å². The summed E-state index contributed by atoms with van der Waals surface area (Å²) in [6.45, 7) is 0. The molecule has 0 saturated carbocycles. The maximum absolute atomic E-state index is 12.1. The molecule has 0 fully saturated rings. The van der Waals surface area contributed by atoms with Crippen LogP contribution in [0.4, 0.5) is 0 Å². The fourth-order valence-corrected chi connectivity index (χ4v) is 3.38. The lowest BCUT2D eigenvalue weighted by Crippen LogP contribution is -2.10. The van der Waals surface area contributed by atoms with Crippen LogP contribution in [0.1, 0.15) is 10.4 Å². The van der Waals surface area contributed by atoms with E-state index >= 15 is 0 Å². The Morgan fingerprint density at radius 1 is 1.00 bits per heavy atom. The van der Waals surface area contributed by atoms with Crippen LogP contribution in [0.3, 0.4) is 0 Å². The molecule has 8 heteroatoms. The Kier molecular flexibility index (Phi) is 5.02. The van der Waals surface area contributed by atoms with Crippen molar-refractivity contribution < 1.29 is 17.9 Å². The average Bonchev–Trinajstić information content (AvgIpc) is 2.41. The van der Waals surface area contributed by atoms with Crippen molar-refractivity contribution in [3.05, 3.63) is 57.0 Å². The quantitative estimate of drug-likeness (QED) is 0.590. The van der Waals surface area contributed by atoms with Gasteiger partial charge in [0, 0.05) is 11.3 Å². The smallest absolute Gasteiger partial charge is 0.343 e. The van der Waals surface area contributed by atoms with Gasteiger partial charge in [0.2, 0.25) is 0 Å². The number of hydrogen-bond acceptors (Lipinski definition) is 4. The van der Waals surface area contributed by atoms with Crippen LogP contribution in [0, 0.1) is 0 Å². The third-order valence-electron chi connectivity index (χ3n) is 2.66. The van der Waals surface area contributed by atoms with Gasteiger partial charge in [-0.15, -0.1) is 0 Å². The maximum atomic E-state index is 12.1. The van der Waals surface area contributed by atoms with Gasteiger partial charge >= 0.3 is 5.97 Å². The Balaban J connectivity index is 2.34. The number of halogens is 3. The van der Waals surface area contributed by atoms with Crippen LogP contribution < -0.4 is 4.74 Å². The Hall–Kier alpha value is -1.27. The predicted molar refractivity (Wildman–Crippen MR) is 86.0 cm³/mol. The van der Waals surface area contributed by atoms with Gasteiger partial charge in [0.25, 0.3) is 0 Å². The average molecular weight is 380 g/mol. The van der Waals surface area contributed by atoms with E-state index in [-0.39, 0.29) is 26.3 Å². The number of sulfone groups is 1. The van der Waals surface area contributed by atoms with E-state index < -0.39 is 15.8 Å². The van der Waals surface area contributed by atoms with Crippen LogP contribution in [0.5, 0.6) is 5.75 Å². The Bertz CT molecular complexity index is 847. The molecule has 116 valence electrons. The minimum absolute atomic E-state index is 0.0311. The molecule has 0 atom stereocenters. The molecule has 0 spiro atoms. The first kappa shape index (κ1) is 17.1. The van der Waals surface area contributed by atoms with E-state index in [0.29, 0.717) is 5.02 Å². The molecule has 0 N–H and O–H groups in total. The molecular formula is C14H9Cl3O4S. The highest BCUT2D eigenvalue weighted by atomic mass is 35.5. The van der Waals surface area contributed by atoms with Crippen molar-refractivity contribution >= 4 is 50.6 Å². The summed E-state index contributed by atoms with van der Waals surface area (Å²) in [4.78, 5) is 11.9. The van der Waals surface area contributed by atoms with E-state index in [1.807, 2.05) is 0 Å². The summed E-state index contributed by atoms with van der Waals surface area (Å²) in [5, 5.41) is 0.595. The molecule has 0 aliphatic carbocycles. The minimum atomic E-state index is -3.56. The summed E-state index contributed by atoms with van der Waals surface area (Å²) in [5.41, 5.74) is 0.0378. The summed E-state index contributed by atoms with van der Waals surface area (Å²) in [6.07, 6.45) is 0.999. The summed E-state index contributed by atoms with van der Waals surface area (Å²) < 4.78 is 28.3. The Morgan fingerprint density at radius 2 is 1.68 bits per heavy atom. The third kappa shape index (κ3) is 3.93. The molecule has 22 heavy (non-hydrogen) atoms. The first-order chi connectivity index (χ1) is 10.2. The molecule has 0 bridgehead atoms. The largest absolute Gasteiger partial charge is 0.421 e. The second-order valence-corrected chi connectivity index (χ2v) is 7.62. The van der Waals surface area contributed by atoms with Crippen molar-refractivity contribution in [1.82, 2.24) is 0 Å². The fourth-order valence-electron chi connectivity index (χ4n) is 1.63. The Labute approximate surface area is 142 Å². The molecule has 2 rings (SSSR count). The molecule has 0 amide bonds. The number of benzene rings is 2. The molecule has 0 aromatic heterocycles. The van der Waals surface area contributed by atoms with Gasteiger partial charge in [0.1, 0.15) is 5.75 Å². The van der Waals surface area contributed by atoms with Crippen LogP contribution in [0.2, 0.25) is 15.1 Å². The minimum Gasteiger partial charge on any atom is -0.421 e. The van der Waals surface area contributed by atoms with Crippen LogP contribution in [0.25, 0.3) is 0 Å². The van der Waals surface area contributed by atoms with Gasteiger partial charge in [-0.1, -0.05) is 34.8 Å². The normalized spacial score (nSPS) is 11.3. The second-order valence-electron chi connectivity index (χ2n) is 4.38. The second kappa shape index (κ2) is 6.46. The maximum Gasteiger partial charge on any atom is 0.343 e. The van der Waals surface area contributed by atoms with E-state index in [4.69, 9.17) is 39.5 Å². The fraction of sp³-hybridized carbons (Fsp3) is 0.0714. The van der Waals surface area contributed by atoms with E-state index in [0.717, 1.165) is 12.3 Å². The van der Waals surface area contributed by atoms with E-state index in [9.17, 15) is 13.2 Å². The molecule has 0 saturated heterocycles. The van der Waals surface area contributed by atoms with Crippen molar-refractivity contribution in [1.29, 1.82) is 0 Å². The zero-order chi connectivity index (χ0) is 16.5. The van der Waals surface area contributed by atoms with Crippen molar-refractivity contribution in [2.24, 2.45) is 0 Å². The van der Waals surface area contributed by atoms with Gasteiger partial charge < -0.3 is 4.74 Å². The molecule has 0 unspecified atom stereocenters. The lowest BCUT2D eigenvalue weighted by molar-refractivity contribution is 0.0734. The highest BCUT2D eigenvalue weighted by Crippen LogP contribution is 2.29. The molecule has 2 aromatic carbocycles. The van der Waals surface area contributed by atoms with Crippen molar-refractivity contribution in [2.45, 2.75) is 4.90 Å². The zero-order valence-electron chi connectivity index (χ0n) is 11.1. The predicted octanol–water partition coefficient (Wildman–Crippen LogP) is 4.27. The van der Waals surface area contributed by atoms with E-state index in [2.05, 4.69) is 0 Å². The van der Waals surface area contributed by atoms with Gasteiger partial charge in [-0.2, -0.15) is 0 Å². The summed E-state index contributed by atoms with van der Waals surface area (Å²) >= 11 is 17.5. The van der Waals surface area contributed by atoms with Crippen molar-refractivity contribution in [3.63, 3.8) is 0 Å². The van der Waals surface area contributed by atoms with Gasteiger partial charge in [0.15, 0.2) is 9.84 Å². The van der Waals surface area contributed by atoms with Crippen LogP contribution >= 0.6 is 34.8 Å². The number of esters is 1. The van der Waals surface area contributed by atoms with Crippen molar-refractivity contribution in [2.75, 3.05) is 6.26 Å². The molecule has 0 aliphatic rings. The Morgan fingerprint density at radius 3 is 2.27 bits per heavy atom. The number of carbonyl (C=O) groups excluding carboxylic acids is 1. The molecule has 0 radical (unpaired) electrons. The van der Waals surface area contributed by atoms with Crippen LogP contribution in [0.15, 0.2) is 41.3 Å². The lowest BCUT2D eigenvalue weighted by atomic mass is 10.2. The number of ether oxygens (including phenoxy) is 1. The standard InChI is InChI=1S/C14H9Cl3O4S/c1-22(19,20)13-6-8(2-4-10(13)16)14(18)21-12-5-3-9(15)7-11(12)17/h2-7H,1H3. The SMILES string of the molecule is CS(=O)(=O)c1cc(C(=O)Oc2ccc(Cl)cc2Cl)ccc1Cl. The lowest BCUT2D eigenvalue weighted by Gasteiger charge is -2.08. The third-order valence-corrected chi connectivity index (χ3v) is 4.77. The van der Waals surface area contributed by atoms with Crippen molar-refractivity contribution in [3.8, 4) is 5.75 Å². The zero-order valence-corrected chi connectivity index (χ0v) is 14.2. The van der Waals surface area contributed by atoms with E-state index in [1.165, 1.54) is 30.3 Å². The number of carbonyl (C=O) groups is 1. The molecule has 0 heterocycles. The molecule has 4 nitrogen and oxygen atoms in total. The summed E-state index contributed by atoms with van der Waals surface area (Å²) in [6, 6.07) is 8.22. The van der Waals surface area contributed by atoms with Gasteiger partial charge in [-0.25, -0.2) is 13.2 Å². The molecule has 0 aliphatic heterocycles. The van der Waals surface area contributed by atoms with E-state index in [1.54, 1.807) is 0 Å². The van der Waals surface area contributed by atoms with Crippen LogP contribution in [-0.2, 0) is 9.84 Å². The number of hydrogen-bond donors (Lipinski definition) is 0. The number of rotatable bonds is 3. The van der Waals surface area contributed by atoms with Gasteiger partial charge in [0.05, 0.1) is 20.5 Å². The van der Waals surface area contributed by atoms with Gasteiger partial charge in [-0.05, 0) is 36.4 Å². The van der Waals surface area contributed by atoms with Crippen LogP contribution in [-0.4, -0.2) is 20.6 Å². The first-order valence-electron chi connectivity index (χ1n) is 5.85. The summed E-state index contributed by atoms with van der Waals surface area (Å²) in [7, 11) is -3.56. The monoisotopic (exact) mass is 378 g/mol. The highest BCUT2D eigenvalue weighted by molar-refractivity contribution is 7.90. The molecular weight excluding hydrogens is 371 g/mol. The summed E-state index contributed by atoms with van der Waals surface area (Å²) in [5.74, 6) is -0.641.